The lowest BCUT2D eigenvalue weighted by Gasteiger charge is -2.22. The molecule has 14 heavy (non-hydrogen) atoms. The van der Waals surface area contributed by atoms with Crippen molar-refractivity contribution < 1.29 is 0 Å². The van der Waals surface area contributed by atoms with E-state index < -0.39 is 0 Å². The fourth-order valence-electron chi connectivity index (χ4n) is 1.38. The van der Waals surface area contributed by atoms with Crippen LogP contribution in [0.1, 0.15) is 24.1 Å². The van der Waals surface area contributed by atoms with E-state index in [2.05, 4.69) is 48.9 Å². The zero-order chi connectivity index (χ0) is 10.6. The topological polar surface area (TPSA) is 3.24 Å². The SMILES string of the molecule is C#CCN(C)C(C)c1ccc(C)cc1. The van der Waals surface area contributed by atoms with Gasteiger partial charge in [0.25, 0.3) is 0 Å². The Morgan fingerprint density at radius 1 is 1.36 bits per heavy atom. The highest BCUT2D eigenvalue weighted by molar-refractivity contribution is 5.23. The van der Waals surface area contributed by atoms with E-state index in [4.69, 9.17) is 6.42 Å². The average molecular weight is 187 g/mol. The van der Waals surface area contributed by atoms with E-state index in [9.17, 15) is 0 Å². The van der Waals surface area contributed by atoms with Gasteiger partial charge in [-0.3, -0.25) is 4.90 Å². The number of aryl methyl sites for hydroxylation is 1. The van der Waals surface area contributed by atoms with Gasteiger partial charge in [-0.2, -0.15) is 0 Å². The zero-order valence-corrected chi connectivity index (χ0v) is 9.12. The average Bonchev–Trinajstić information content (AvgIpc) is 2.18. The second-order valence-corrected chi connectivity index (χ2v) is 3.71. The summed E-state index contributed by atoms with van der Waals surface area (Å²) in [7, 11) is 2.05. The van der Waals surface area contributed by atoms with Crippen LogP contribution >= 0.6 is 0 Å². The van der Waals surface area contributed by atoms with Gasteiger partial charge in [0.2, 0.25) is 0 Å². The second-order valence-electron chi connectivity index (χ2n) is 3.71. The minimum absolute atomic E-state index is 0.381. The lowest BCUT2D eigenvalue weighted by Crippen LogP contribution is -2.22. The third-order valence-electron chi connectivity index (χ3n) is 2.56. The number of hydrogen-bond donors (Lipinski definition) is 0. The molecule has 0 fully saturated rings. The molecule has 0 spiro atoms. The largest absolute Gasteiger partial charge is 0.289 e. The minimum Gasteiger partial charge on any atom is -0.289 e. The van der Waals surface area contributed by atoms with Crippen LogP contribution in [0.5, 0.6) is 0 Å². The van der Waals surface area contributed by atoms with E-state index in [1.807, 2.05) is 7.05 Å². The first kappa shape index (κ1) is 10.8. The number of hydrogen-bond acceptors (Lipinski definition) is 1. The number of rotatable bonds is 3. The molecule has 1 aromatic carbocycles. The minimum atomic E-state index is 0.381. The quantitative estimate of drug-likeness (QED) is 0.657. The van der Waals surface area contributed by atoms with Crippen molar-refractivity contribution in [3.8, 4) is 12.3 Å². The summed E-state index contributed by atoms with van der Waals surface area (Å²) >= 11 is 0. The van der Waals surface area contributed by atoms with Gasteiger partial charge in [0, 0.05) is 6.04 Å². The van der Waals surface area contributed by atoms with Crippen LogP contribution in [-0.2, 0) is 0 Å². The summed E-state index contributed by atoms with van der Waals surface area (Å²) in [5.74, 6) is 2.66. The fraction of sp³-hybridized carbons (Fsp3) is 0.385. The van der Waals surface area contributed by atoms with E-state index in [-0.39, 0.29) is 0 Å². The van der Waals surface area contributed by atoms with Gasteiger partial charge in [0.15, 0.2) is 0 Å². The summed E-state index contributed by atoms with van der Waals surface area (Å²) in [6.45, 7) is 4.96. The van der Waals surface area contributed by atoms with E-state index in [1.54, 1.807) is 0 Å². The third kappa shape index (κ3) is 2.61. The Morgan fingerprint density at radius 3 is 2.43 bits per heavy atom. The maximum atomic E-state index is 5.28. The first-order chi connectivity index (χ1) is 6.65. The highest BCUT2D eigenvalue weighted by Gasteiger charge is 2.09. The van der Waals surface area contributed by atoms with Gasteiger partial charge in [0.1, 0.15) is 0 Å². The highest BCUT2D eigenvalue weighted by Crippen LogP contribution is 2.18. The molecule has 1 aromatic rings. The predicted molar refractivity (Wildman–Crippen MR) is 61.1 cm³/mol. The molecule has 0 saturated heterocycles. The van der Waals surface area contributed by atoms with E-state index in [1.165, 1.54) is 11.1 Å². The molecular formula is C13H17N. The molecule has 1 heteroatoms. The molecule has 74 valence electrons. The van der Waals surface area contributed by atoms with Crippen LogP contribution in [0.25, 0.3) is 0 Å². The molecule has 0 saturated carbocycles. The Labute approximate surface area is 86.7 Å². The zero-order valence-electron chi connectivity index (χ0n) is 9.12. The normalized spacial score (nSPS) is 12.5. The van der Waals surface area contributed by atoms with Gasteiger partial charge in [-0.25, -0.2) is 0 Å². The van der Waals surface area contributed by atoms with Crippen molar-refractivity contribution in [2.75, 3.05) is 13.6 Å². The van der Waals surface area contributed by atoms with Crippen LogP contribution in [0.3, 0.4) is 0 Å². The van der Waals surface area contributed by atoms with Crippen LogP contribution < -0.4 is 0 Å². The predicted octanol–water partition coefficient (Wildman–Crippen LogP) is 2.62. The smallest absolute Gasteiger partial charge is 0.0601 e. The number of terminal acetylenes is 1. The molecule has 1 nitrogen and oxygen atoms in total. The lowest BCUT2D eigenvalue weighted by molar-refractivity contribution is 0.294. The summed E-state index contributed by atoms with van der Waals surface area (Å²) in [4.78, 5) is 2.16. The molecule has 0 aliphatic rings. The molecule has 0 N–H and O–H groups in total. The molecule has 0 aliphatic carbocycles. The van der Waals surface area contributed by atoms with Crippen molar-refractivity contribution in [2.24, 2.45) is 0 Å². The van der Waals surface area contributed by atoms with E-state index >= 15 is 0 Å². The van der Waals surface area contributed by atoms with Crippen molar-refractivity contribution in [1.82, 2.24) is 4.90 Å². The van der Waals surface area contributed by atoms with Gasteiger partial charge in [-0.1, -0.05) is 35.7 Å². The summed E-state index contributed by atoms with van der Waals surface area (Å²) < 4.78 is 0. The third-order valence-corrected chi connectivity index (χ3v) is 2.56. The van der Waals surface area contributed by atoms with Crippen molar-refractivity contribution in [2.45, 2.75) is 19.9 Å². The van der Waals surface area contributed by atoms with Crippen LogP contribution in [0.4, 0.5) is 0 Å². The van der Waals surface area contributed by atoms with Crippen LogP contribution in [0.2, 0.25) is 0 Å². The van der Waals surface area contributed by atoms with Crippen LogP contribution in [-0.4, -0.2) is 18.5 Å². The van der Waals surface area contributed by atoms with Crippen molar-refractivity contribution in [3.05, 3.63) is 35.4 Å². The Kier molecular flexibility index (Phi) is 3.73. The second kappa shape index (κ2) is 4.83. The maximum absolute atomic E-state index is 5.28. The van der Waals surface area contributed by atoms with Gasteiger partial charge in [-0.15, -0.1) is 6.42 Å². The van der Waals surface area contributed by atoms with Gasteiger partial charge in [-0.05, 0) is 26.5 Å². The Morgan fingerprint density at radius 2 is 1.93 bits per heavy atom. The number of nitrogens with zero attached hydrogens (tertiary/aromatic N) is 1. The first-order valence-electron chi connectivity index (χ1n) is 4.85. The lowest BCUT2D eigenvalue weighted by atomic mass is 10.1. The Bertz CT molecular complexity index is 318. The Balaban J connectivity index is 2.74. The van der Waals surface area contributed by atoms with Gasteiger partial charge in [0.05, 0.1) is 6.54 Å². The summed E-state index contributed by atoms with van der Waals surface area (Å²) in [5, 5.41) is 0. The molecule has 1 rings (SSSR count). The van der Waals surface area contributed by atoms with Crippen LogP contribution in [0, 0.1) is 19.3 Å². The summed E-state index contributed by atoms with van der Waals surface area (Å²) in [6.07, 6.45) is 5.28. The summed E-state index contributed by atoms with van der Waals surface area (Å²) in [6, 6.07) is 8.97. The molecule has 1 unspecified atom stereocenters. The fourth-order valence-corrected chi connectivity index (χ4v) is 1.38. The van der Waals surface area contributed by atoms with E-state index in [0.717, 1.165) is 0 Å². The molecule has 0 aliphatic heterocycles. The van der Waals surface area contributed by atoms with E-state index in [0.29, 0.717) is 12.6 Å². The molecule has 0 bridgehead atoms. The molecular weight excluding hydrogens is 170 g/mol. The molecule has 0 aromatic heterocycles. The van der Waals surface area contributed by atoms with Gasteiger partial charge < -0.3 is 0 Å². The van der Waals surface area contributed by atoms with Crippen molar-refractivity contribution in [1.29, 1.82) is 0 Å². The van der Waals surface area contributed by atoms with Crippen LogP contribution in [0.15, 0.2) is 24.3 Å². The van der Waals surface area contributed by atoms with Crippen molar-refractivity contribution >= 4 is 0 Å². The van der Waals surface area contributed by atoms with Gasteiger partial charge >= 0.3 is 0 Å². The number of benzene rings is 1. The highest BCUT2D eigenvalue weighted by atomic mass is 15.1. The molecule has 1 atom stereocenters. The Hall–Kier alpha value is -1.26. The van der Waals surface area contributed by atoms with Crippen molar-refractivity contribution in [3.63, 3.8) is 0 Å². The summed E-state index contributed by atoms with van der Waals surface area (Å²) in [5.41, 5.74) is 2.61. The molecule has 0 amide bonds. The standard InChI is InChI=1S/C13H17N/c1-5-10-14(4)12(3)13-8-6-11(2)7-9-13/h1,6-9,12H,10H2,2-4H3. The molecule has 0 heterocycles. The monoisotopic (exact) mass is 187 g/mol. The maximum Gasteiger partial charge on any atom is 0.0601 e. The molecule has 0 radical (unpaired) electrons. The first-order valence-corrected chi connectivity index (χ1v) is 4.85.